The number of benzene rings is 1. The largest absolute Gasteiger partial charge is 0.495 e. The predicted octanol–water partition coefficient (Wildman–Crippen LogP) is 1.81. The van der Waals surface area contributed by atoms with Gasteiger partial charge in [0.15, 0.2) is 0 Å². The van der Waals surface area contributed by atoms with Crippen LogP contribution in [0.25, 0.3) is 0 Å². The predicted molar refractivity (Wildman–Crippen MR) is 65.3 cm³/mol. The summed E-state index contributed by atoms with van der Waals surface area (Å²) in [7, 11) is 2.94. The molecule has 0 fully saturated rings. The number of para-hydroxylation sites is 2. The van der Waals surface area contributed by atoms with E-state index in [0.717, 1.165) is 0 Å². The molecule has 0 atom stereocenters. The summed E-state index contributed by atoms with van der Waals surface area (Å²) in [5.41, 5.74) is 0.504. The minimum absolute atomic E-state index is 0.395. The fourth-order valence-corrected chi connectivity index (χ4v) is 1.47. The summed E-state index contributed by atoms with van der Waals surface area (Å²) in [6.45, 7) is -1.59. The van der Waals surface area contributed by atoms with Gasteiger partial charge in [0.25, 0.3) is 0 Å². The Morgan fingerprint density at radius 2 is 2.00 bits per heavy atom. The Bertz CT molecular complexity index is 435. The number of alkyl halides is 3. The van der Waals surface area contributed by atoms with E-state index >= 15 is 0 Å². The summed E-state index contributed by atoms with van der Waals surface area (Å²) >= 11 is 0. The van der Waals surface area contributed by atoms with E-state index in [9.17, 15) is 18.0 Å². The molecule has 0 aromatic heterocycles. The molecule has 1 aromatic rings. The standard InChI is InChI=1S/C12H15F3N2O2/c1-17(9-5-3-4-6-10(9)19-2)11(18)7-16-8-12(13,14)15/h3-6,16H,7-8H2,1-2H3. The van der Waals surface area contributed by atoms with Gasteiger partial charge >= 0.3 is 6.18 Å². The molecule has 0 radical (unpaired) electrons. The number of rotatable bonds is 5. The van der Waals surface area contributed by atoms with Crippen molar-refractivity contribution in [1.82, 2.24) is 5.32 Å². The zero-order chi connectivity index (χ0) is 14.5. The van der Waals surface area contributed by atoms with Gasteiger partial charge in [-0.2, -0.15) is 13.2 Å². The third-order valence-corrected chi connectivity index (χ3v) is 2.42. The lowest BCUT2D eigenvalue weighted by Gasteiger charge is -2.20. The van der Waals surface area contributed by atoms with Crippen molar-refractivity contribution in [1.29, 1.82) is 0 Å². The highest BCUT2D eigenvalue weighted by Gasteiger charge is 2.27. The summed E-state index contributed by atoms with van der Waals surface area (Å²) in [6, 6.07) is 6.77. The summed E-state index contributed by atoms with van der Waals surface area (Å²) in [6.07, 6.45) is -4.33. The van der Waals surface area contributed by atoms with Crippen LogP contribution in [-0.4, -0.2) is 39.3 Å². The number of amides is 1. The second-order valence-corrected chi connectivity index (χ2v) is 3.84. The van der Waals surface area contributed by atoms with Gasteiger partial charge in [0.2, 0.25) is 5.91 Å². The van der Waals surface area contributed by atoms with Crippen LogP contribution in [0.1, 0.15) is 0 Å². The number of nitrogens with zero attached hydrogens (tertiary/aromatic N) is 1. The average molecular weight is 276 g/mol. The van der Waals surface area contributed by atoms with E-state index in [2.05, 4.69) is 5.32 Å². The van der Waals surface area contributed by atoms with Crippen LogP contribution in [0.4, 0.5) is 18.9 Å². The van der Waals surface area contributed by atoms with Crippen LogP contribution in [-0.2, 0) is 4.79 Å². The molecular weight excluding hydrogens is 261 g/mol. The van der Waals surface area contributed by atoms with E-state index in [-0.39, 0.29) is 0 Å². The molecule has 0 bridgehead atoms. The molecule has 0 aliphatic heterocycles. The van der Waals surface area contributed by atoms with Crippen LogP contribution >= 0.6 is 0 Å². The van der Waals surface area contributed by atoms with Crippen molar-refractivity contribution in [2.24, 2.45) is 0 Å². The fraction of sp³-hybridized carbons (Fsp3) is 0.417. The molecule has 1 N–H and O–H groups in total. The second-order valence-electron chi connectivity index (χ2n) is 3.84. The van der Waals surface area contributed by atoms with E-state index in [1.165, 1.54) is 19.1 Å². The number of carbonyl (C=O) groups is 1. The fourth-order valence-electron chi connectivity index (χ4n) is 1.47. The van der Waals surface area contributed by atoms with E-state index in [4.69, 9.17) is 4.74 Å². The quantitative estimate of drug-likeness (QED) is 0.891. The minimum Gasteiger partial charge on any atom is -0.495 e. The molecule has 0 saturated carbocycles. The summed E-state index contributed by atoms with van der Waals surface area (Å²) in [4.78, 5) is 13.0. The zero-order valence-corrected chi connectivity index (χ0v) is 10.6. The van der Waals surface area contributed by atoms with Gasteiger partial charge in [0.1, 0.15) is 5.75 Å². The SMILES string of the molecule is COc1ccccc1N(C)C(=O)CNCC(F)(F)F. The number of nitrogens with one attached hydrogen (secondary N) is 1. The lowest BCUT2D eigenvalue weighted by atomic mass is 10.2. The van der Waals surface area contributed by atoms with Crippen molar-refractivity contribution in [3.05, 3.63) is 24.3 Å². The Kier molecular flexibility index (Phi) is 5.17. The Labute approximate surface area is 109 Å². The molecule has 0 spiro atoms. The van der Waals surface area contributed by atoms with E-state index in [1.54, 1.807) is 24.3 Å². The van der Waals surface area contributed by atoms with Gasteiger partial charge in [-0.1, -0.05) is 12.1 Å². The van der Waals surface area contributed by atoms with Crippen LogP contribution in [0.5, 0.6) is 5.75 Å². The number of likely N-dealkylation sites (N-methyl/N-ethyl adjacent to an activating group) is 1. The van der Waals surface area contributed by atoms with Crippen molar-refractivity contribution in [2.45, 2.75) is 6.18 Å². The number of hydrogen-bond donors (Lipinski definition) is 1. The van der Waals surface area contributed by atoms with Gasteiger partial charge in [-0.15, -0.1) is 0 Å². The van der Waals surface area contributed by atoms with Crippen LogP contribution < -0.4 is 15.0 Å². The summed E-state index contributed by atoms with van der Waals surface area (Å²) in [5.74, 6) is 0.00270. The zero-order valence-electron chi connectivity index (χ0n) is 10.6. The first-order valence-electron chi connectivity index (χ1n) is 5.52. The van der Waals surface area contributed by atoms with Gasteiger partial charge in [-0.05, 0) is 12.1 Å². The first-order chi connectivity index (χ1) is 8.85. The van der Waals surface area contributed by atoms with Crippen molar-refractivity contribution >= 4 is 11.6 Å². The third kappa shape index (κ3) is 4.78. The third-order valence-electron chi connectivity index (χ3n) is 2.42. The molecule has 7 heteroatoms. The van der Waals surface area contributed by atoms with E-state index in [0.29, 0.717) is 11.4 Å². The molecule has 0 aliphatic rings. The number of carbonyl (C=O) groups excluding carboxylic acids is 1. The maximum absolute atomic E-state index is 11.9. The number of halogens is 3. The Hall–Kier alpha value is -1.76. The van der Waals surface area contributed by atoms with Crippen LogP contribution in [0.15, 0.2) is 24.3 Å². The molecule has 19 heavy (non-hydrogen) atoms. The Morgan fingerprint density at radius 3 is 2.58 bits per heavy atom. The number of hydrogen-bond acceptors (Lipinski definition) is 3. The minimum atomic E-state index is -4.33. The monoisotopic (exact) mass is 276 g/mol. The Balaban J connectivity index is 2.62. The van der Waals surface area contributed by atoms with Crippen molar-refractivity contribution in [3.63, 3.8) is 0 Å². The molecular formula is C12H15F3N2O2. The molecule has 0 unspecified atom stereocenters. The molecule has 0 aliphatic carbocycles. The molecule has 1 rings (SSSR count). The van der Waals surface area contributed by atoms with Gasteiger partial charge < -0.3 is 15.0 Å². The summed E-state index contributed by atoms with van der Waals surface area (Å²) in [5, 5.41) is 2.06. The maximum Gasteiger partial charge on any atom is 0.401 e. The van der Waals surface area contributed by atoms with Crippen molar-refractivity contribution in [3.8, 4) is 5.75 Å². The van der Waals surface area contributed by atoms with Crippen LogP contribution in [0.3, 0.4) is 0 Å². The van der Waals surface area contributed by atoms with E-state index < -0.39 is 25.2 Å². The normalized spacial score (nSPS) is 11.2. The van der Waals surface area contributed by atoms with Gasteiger partial charge in [-0.25, -0.2) is 0 Å². The lowest BCUT2D eigenvalue weighted by molar-refractivity contribution is -0.127. The highest BCUT2D eigenvalue weighted by atomic mass is 19.4. The van der Waals surface area contributed by atoms with Crippen LogP contribution in [0, 0.1) is 0 Å². The lowest BCUT2D eigenvalue weighted by Crippen LogP contribution is -2.39. The molecule has 4 nitrogen and oxygen atoms in total. The number of ether oxygens (including phenoxy) is 1. The number of methoxy groups -OCH3 is 1. The topological polar surface area (TPSA) is 41.6 Å². The first kappa shape index (κ1) is 15.3. The number of anilines is 1. The van der Waals surface area contributed by atoms with E-state index in [1.807, 2.05) is 0 Å². The van der Waals surface area contributed by atoms with Gasteiger partial charge in [0.05, 0.1) is 25.9 Å². The highest BCUT2D eigenvalue weighted by Crippen LogP contribution is 2.26. The van der Waals surface area contributed by atoms with Crippen molar-refractivity contribution < 1.29 is 22.7 Å². The average Bonchev–Trinajstić information content (AvgIpc) is 2.36. The smallest absolute Gasteiger partial charge is 0.401 e. The Morgan fingerprint density at radius 1 is 1.37 bits per heavy atom. The maximum atomic E-state index is 11.9. The first-order valence-corrected chi connectivity index (χ1v) is 5.52. The molecule has 106 valence electrons. The van der Waals surface area contributed by atoms with Gasteiger partial charge in [-0.3, -0.25) is 4.79 Å². The highest BCUT2D eigenvalue weighted by molar-refractivity contribution is 5.95. The molecule has 0 saturated heterocycles. The molecule has 1 aromatic carbocycles. The molecule has 1 amide bonds. The second kappa shape index (κ2) is 6.42. The van der Waals surface area contributed by atoms with Crippen molar-refractivity contribution in [2.75, 3.05) is 32.1 Å². The van der Waals surface area contributed by atoms with Gasteiger partial charge in [0, 0.05) is 7.05 Å². The summed E-state index contributed by atoms with van der Waals surface area (Å²) < 4.78 is 40.9. The molecule has 0 heterocycles. The van der Waals surface area contributed by atoms with Crippen LogP contribution in [0.2, 0.25) is 0 Å².